The number of hydrogen-bond donors (Lipinski definition) is 0. The van der Waals surface area contributed by atoms with Crippen LogP contribution in [0, 0.1) is 0 Å². The van der Waals surface area contributed by atoms with E-state index in [0.717, 1.165) is 66.1 Å². The molecule has 7 aromatic carbocycles. The molecule has 0 atom stereocenters. The van der Waals surface area contributed by atoms with Gasteiger partial charge in [0.25, 0.3) is 0 Å². The Morgan fingerprint density at radius 2 is 1.08 bits per heavy atom. The van der Waals surface area contributed by atoms with Gasteiger partial charge in [-0.05, 0) is 60.7 Å². The van der Waals surface area contributed by atoms with E-state index in [4.69, 9.17) is 19.4 Å². The van der Waals surface area contributed by atoms with Gasteiger partial charge in [0.2, 0.25) is 0 Å². The van der Waals surface area contributed by atoms with E-state index in [0.29, 0.717) is 17.5 Å². The molecule has 6 heteroatoms. The summed E-state index contributed by atoms with van der Waals surface area (Å²) in [6.07, 6.45) is 0. The number of fused-ring (bicyclic) bond motifs is 9. The Morgan fingerprint density at radius 1 is 0.431 bits per heavy atom. The van der Waals surface area contributed by atoms with Crippen LogP contribution in [0.15, 0.2) is 162 Å². The molecule has 0 spiro atoms. The maximum atomic E-state index is 6.17. The van der Waals surface area contributed by atoms with Gasteiger partial charge in [0, 0.05) is 64.1 Å². The summed E-state index contributed by atoms with van der Waals surface area (Å²) in [4.78, 5) is 15.7. The molecule has 5 nitrogen and oxygen atoms in total. The molecule has 0 aliphatic rings. The summed E-state index contributed by atoms with van der Waals surface area (Å²) in [7, 11) is 0. The molecule has 11 rings (SSSR count). The van der Waals surface area contributed by atoms with Crippen molar-refractivity contribution in [1.29, 1.82) is 0 Å². The lowest BCUT2D eigenvalue weighted by molar-refractivity contribution is 0.669. The predicted octanol–water partition coefficient (Wildman–Crippen LogP) is 12.2. The van der Waals surface area contributed by atoms with Crippen molar-refractivity contribution in [3.05, 3.63) is 158 Å². The van der Waals surface area contributed by atoms with Gasteiger partial charge < -0.3 is 8.98 Å². The fourth-order valence-corrected chi connectivity index (χ4v) is 8.69. The van der Waals surface area contributed by atoms with Crippen molar-refractivity contribution in [1.82, 2.24) is 19.5 Å². The van der Waals surface area contributed by atoms with Gasteiger partial charge in [-0.1, -0.05) is 97.1 Å². The molecule has 0 saturated heterocycles. The summed E-state index contributed by atoms with van der Waals surface area (Å²) in [5.74, 6) is 1.88. The third-order valence-electron chi connectivity index (χ3n) is 9.86. The number of para-hydroxylation sites is 3. The largest absolute Gasteiger partial charge is 0.456 e. The Bertz CT molecular complexity index is 3150. The molecule has 4 aromatic heterocycles. The maximum Gasteiger partial charge on any atom is 0.164 e. The van der Waals surface area contributed by atoms with Crippen LogP contribution in [0.3, 0.4) is 0 Å². The first kappa shape index (κ1) is 28.2. The van der Waals surface area contributed by atoms with E-state index in [2.05, 4.69) is 132 Å². The lowest BCUT2D eigenvalue weighted by Gasteiger charge is -2.11. The van der Waals surface area contributed by atoms with Crippen LogP contribution in [0.4, 0.5) is 0 Å². The van der Waals surface area contributed by atoms with Gasteiger partial charge in [0.1, 0.15) is 11.2 Å². The molecular formula is C45H26N4OS. The van der Waals surface area contributed by atoms with Gasteiger partial charge >= 0.3 is 0 Å². The van der Waals surface area contributed by atoms with Crippen LogP contribution in [0.1, 0.15) is 0 Å². The third kappa shape index (κ3) is 4.37. The number of nitrogens with zero attached hydrogens (tertiary/aromatic N) is 4. The van der Waals surface area contributed by atoms with Gasteiger partial charge in [-0.25, -0.2) is 15.0 Å². The van der Waals surface area contributed by atoms with Crippen molar-refractivity contribution >= 4 is 75.3 Å². The van der Waals surface area contributed by atoms with E-state index in [-0.39, 0.29) is 0 Å². The van der Waals surface area contributed by atoms with Crippen LogP contribution in [-0.4, -0.2) is 19.5 Å². The average molecular weight is 671 g/mol. The molecule has 0 radical (unpaired) electrons. The highest BCUT2D eigenvalue weighted by Crippen LogP contribution is 2.40. The standard InChI is InChI=1S/C45H26N4OS/c1-2-11-29(12-3-1)49-36-17-7-4-15-33(36)42-34(16-10-18-37(42)49)45-47-43(27-22-24-39-35(25-27)30-13-5-8-19-38(30)50-39)46-44(48-45)28-21-23-32-31-14-6-9-20-40(31)51-41(32)26-28/h1-26H. The molecule has 0 aliphatic heterocycles. The molecule has 0 saturated carbocycles. The first-order valence-electron chi connectivity index (χ1n) is 16.9. The fraction of sp³-hybridized carbons (Fsp3) is 0. The lowest BCUT2D eigenvalue weighted by atomic mass is 10.0. The van der Waals surface area contributed by atoms with Crippen molar-refractivity contribution < 1.29 is 4.42 Å². The summed E-state index contributed by atoms with van der Waals surface area (Å²) in [6, 6.07) is 55.0. The first-order valence-corrected chi connectivity index (χ1v) is 17.8. The first-order chi connectivity index (χ1) is 25.3. The monoisotopic (exact) mass is 670 g/mol. The average Bonchev–Trinajstić information content (AvgIpc) is 3.87. The topological polar surface area (TPSA) is 56.7 Å². The van der Waals surface area contributed by atoms with E-state index in [1.807, 2.05) is 30.3 Å². The van der Waals surface area contributed by atoms with Gasteiger partial charge in [0.15, 0.2) is 17.5 Å². The van der Waals surface area contributed by atoms with Gasteiger partial charge in [0.05, 0.1) is 11.0 Å². The Labute approximate surface area is 295 Å². The quantitative estimate of drug-likeness (QED) is 0.187. The maximum absolute atomic E-state index is 6.17. The fourth-order valence-electron chi connectivity index (χ4n) is 7.55. The van der Waals surface area contributed by atoms with Crippen LogP contribution in [0.25, 0.3) is 104 Å². The second-order valence-electron chi connectivity index (χ2n) is 12.8. The molecule has 0 aliphatic carbocycles. The summed E-state index contributed by atoms with van der Waals surface area (Å²) in [6.45, 7) is 0. The van der Waals surface area contributed by atoms with Crippen LogP contribution in [-0.2, 0) is 0 Å². The van der Waals surface area contributed by atoms with Gasteiger partial charge in [-0.3, -0.25) is 0 Å². The van der Waals surface area contributed by atoms with E-state index < -0.39 is 0 Å². The summed E-state index contributed by atoms with van der Waals surface area (Å²) >= 11 is 1.79. The Hall–Kier alpha value is -6.63. The number of furan rings is 1. The zero-order valence-corrected chi connectivity index (χ0v) is 27.9. The SMILES string of the molecule is c1ccc(-n2c3ccccc3c3c(-c4nc(-c5ccc6c(c5)sc5ccccc56)nc(-c5ccc6oc7ccccc7c6c5)n4)cccc32)cc1. The zero-order chi connectivity index (χ0) is 33.5. The second-order valence-corrected chi connectivity index (χ2v) is 13.9. The minimum absolute atomic E-state index is 0.613. The van der Waals surface area contributed by atoms with E-state index >= 15 is 0 Å². The van der Waals surface area contributed by atoms with Crippen molar-refractivity contribution in [3.8, 4) is 39.9 Å². The molecule has 51 heavy (non-hydrogen) atoms. The number of hydrogen-bond acceptors (Lipinski definition) is 5. The molecule has 0 bridgehead atoms. The Kier molecular flexibility index (Phi) is 6.05. The zero-order valence-electron chi connectivity index (χ0n) is 27.1. The van der Waals surface area contributed by atoms with Crippen molar-refractivity contribution in [2.24, 2.45) is 0 Å². The van der Waals surface area contributed by atoms with Crippen LogP contribution >= 0.6 is 11.3 Å². The smallest absolute Gasteiger partial charge is 0.164 e. The molecule has 238 valence electrons. The second kappa shape index (κ2) is 10.9. The molecule has 4 heterocycles. The van der Waals surface area contributed by atoms with Crippen LogP contribution in [0.2, 0.25) is 0 Å². The van der Waals surface area contributed by atoms with Crippen LogP contribution in [0.5, 0.6) is 0 Å². The minimum Gasteiger partial charge on any atom is -0.456 e. The summed E-state index contributed by atoms with van der Waals surface area (Å²) in [5.41, 5.74) is 7.85. The van der Waals surface area contributed by atoms with Gasteiger partial charge in [-0.2, -0.15) is 0 Å². The van der Waals surface area contributed by atoms with E-state index in [1.54, 1.807) is 11.3 Å². The number of thiophene rings is 1. The van der Waals surface area contributed by atoms with Crippen molar-refractivity contribution in [2.45, 2.75) is 0 Å². The molecular weight excluding hydrogens is 645 g/mol. The number of rotatable bonds is 4. The van der Waals surface area contributed by atoms with Crippen LogP contribution < -0.4 is 0 Å². The van der Waals surface area contributed by atoms with E-state index in [9.17, 15) is 0 Å². The highest BCUT2D eigenvalue weighted by atomic mass is 32.1. The highest BCUT2D eigenvalue weighted by Gasteiger charge is 2.20. The Balaban J connectivity index is 1.18. The molecule has 0 fully saturated rings. The summed E-state index contributed by atoms with van der Waals surface area (Å²) < 4.78 is 11.0. The molecule has 0 amide bonds. The van der Waals surface area contributed by atoms with Crippen molar-refractivity contribution in [2.75, 3.05) is 0 Å². The lowest BCUT2D eigenvalue weighted by Crippen LogP contribution is -2.00. The third-order valence-corrected chi connectivity index (χ3v) is 11.0. The molecule has 0 N–H and O–H groups in total. The number of benzene rings is 7. The van der Waals surface area contributed by atoms with Gasteiger partial charge in [-0.15, -0.1) is 11.3 Å². The number of aromatic nitrogens is 4. The van der Waals surface area contributed by atoms with Crippen molar-refractivity contribution in [3.63, 3.8) is 0 Å². The summed E-state index contributed by atoms with van der Waals surface area (Å²) in [5, 5.41) is 6.86. The van der Waals surface area contributed by atoms with E-state index in [1.165, 1.54) is 20.2 Å². The Morgan fingerprint density at radius 3 is 1.96 bits per heavy atom. The predicted molar refractivity (Wildman–Crippen MR) is 211 cm³/mol. The molecule has 0 unspecified atom stereocenters. The molecule has 11 aromatic rings. The highest BCUT2D eigenvalue weighted by molar-refractivity contribution is 7.25. The normalized spacial score (nSPS) is 11.9. The minimum atomic E-state index is 0.613.